The summed E-state index contributed by atoms with van der Waals surface area (Å²) in [5, 5.41) is 8.69. The number of nitrogens with zero attached hydrogens (tertiary/aromatic N) is 3. The van der Waals surface area contributed by atoms with E-state index in [0.29, 0.717) is 25.7 Å². The second kappa shape index (κ2) is 17.3. The number of urea groups is 1. The van der Waals surface area contributed by atoms with Gasteiger partial charge in [0, 0.05) is 32.4 Å². The number of sulfonamides is 1. The zero-order valence-electron chi connectivity index (χ0n) is 32.5. The maximum atomic E-state index is 14.8. The number of hydrogen-bond donors (Lipinski definition) is 4. The molecule has 0 spiro atoms. The molecule has 15 heteroatoms. The second-order valence-electron chi connectivity index (χ2n) is 17.1. The molecule has 4 rings (SSSR count). The first-order chi connectivity index (χ1) is 24.8. The quantitative estimate of drug-likeness (QED) is 0.195. The van der Waals surface area contributed by atoms with Gasteiger partial charge in [0.05, 0.1) is 6.04 Å². The minimum absolute atomic E-state index is 0.0207. The van der Waals surface area contributed by atoms with Gasteiger partial charge in [0.15, 0.2) is 5.03 Å². The molecule has 1 aliphatic heterocycles. The molecule has 0 aromatic carbocycles. The standard InChI is InChI=1S/C38H61N7O7S/c1-24(2)26-17-21-45(30(26)34(48)41-27(31(46)33(39)47)22-25-14-13-15-25)35(49)32(38(6)18-10-8-11-19-38)43-36(50)42-28(37(3,4)5)23-44(7)53(51,52)29-16-9-12-20-40-29/h9,12,16,20,24-28,30,32H,8,10-11,13-15,17-19,21-23H2,1-7H3,(H2,39,47)(H,41,48)(H2,42,43,50)/t26-,27?,28-,30+,32-/m1/s1. The molecule has 296 valence electrons. The number of likely N-dealkylation sites (tertiary alicyclic amines) is 1. The normalized spacial score (nSPS) is 22.4. The predicted octanol–water partition coefficient (Wildman–Crippen LogP) is 3.36. The van der Waals surface area contributed by atoms with Crippen LogP contribution in [0, 0.1) is 28.6 Å². The maximum Gasteiger partial charge on any atom is 0.315 e. The van der Waals surface area contributed by atoms with E-state index in [2.05, 4.69) is 20.9 Å². The van der Waals surface area contributed by atoms with Crippen LogP contribution in [-0.4, -0.2) is 96.4 Å². The SMILES string of the molecule is CC(C)[C@H]1CCN(C(=O)[C@@H](NC(=O)N[C@H](CN(C)S(=O)(=O)c2ccccn2)C(C)(C)C)C2(C)CCCCC2)[C@@H]1C(=O)NC(CC1CCC1)C(=O)C(N)=O. The van der Waals surface area contributed by atoms with Crippen LogP contribution in [0.2, 0.25) is 0 Å². The van der Waals surface area contributed by atoms with E-state index in [1.165, 1.54) is 19.3 Å². The van der Waals surface area contributed by atoms with Crippen LogP contribution in [0.1, 0.15) is 106 Å². The number of likely N-dealkylation sites (N-methyl/N-ethyl adjacent to an activating group) is 1. The molecule has 5 atom stereocenters. The number of hydrogen-bond acceptors (Lipinski definition) is 8. The first kappa shape index (κ1) is 42.2. The third-order valence-electron chi connectivity index (χ3n) is 11.8. The molecule has 5 amide bonds. The van der Waals surface area contributed by atoms with E-state index >= 15 is 0 Å². The number of rotatable bonds is 15. The van der Waals surface area contributed by atoms with Gasteiger partial charge in [-0.1, -0.05) is 86.1 Å². The molecular weight excluding hydrogens is 699 g/mol. The average molecular weight is 760 g/mol. The Bertz CT molecular complexity index is 1590. The van der Waals surface area contributed by atoms with Crippen LogP contribution < -0.4 is 21.7 Å². The Morgan fingerprint density at radius 2 is 1.66 bits per heavy atom. The number of primary amides is 1. The van der Waals surface area contributed by atoms with E-state index in [1.54, 1.807) is 17.0 Å². The van der Waals surface area contributed by atoms with Crippen LogP contribution in [0.3, 0.4) is 0 Å². The topological polar surface area (TPSA) is 201 Å². The van der Waals surface area contributed by atoms with Crippen molar-refractivity contribution in [3.8, 4) is 0 Å². The number of ketones is 1. The molecular formula is C38H61N7O7S. The monoisotopic (exact) mass is 759 g/mol. The molecule has 0 bridgehead atoms. The van der Waals surface area contributed by atoms with Gasteiger partial charge in [-0.25, -0.2) is 18.2 Å². The smallest absolute Gasteiger partial charge is 0.315 e. The maximum absolute atomic E-state index is 14.8. The lowest BCUT2D eigenvalue weighted by atomic mass is 9.70. The molecule has 14 nitrogen and oxygen atoms in total. The molecule has 3 fully saturated rings. The van der Waals surface area contributed by atoms with Crippen LogP contribution >= 0.6 is 0 Å². The second-order valence-corrected chi connectivity index (χ2v) is 19.1. The number of Topliss-reactive ketones (excluding diaryl/α,β-unsaturated/α-hetero) is 1. The zero-order chi connectivity index (χ0) is 39.3. The minimum Gasteiger partial charge on any atom is -0.363 e. The van der Waals surface area contributed by atoms with Crippen molar-refractivity contribution in [3.05, 3.63) is 24.4 Å². The lowest BCUT2D eigenvalue weighted by Crippen LogP contribution is -2.63. The summed E-state index contributed by atoms with van der Waals surface area (Å²) in [6.07, 6.45) is 9.24. The number of aromatic nitrogens is 1. The van der Waals surface area contributed by atoms with Crippen molar-refractivity contribution in [2.75, 3.05) is 20.1 Å². The highest BCUT2D eigenvalue weighted by Gasteiger charge is 2.50. The van der Waals surface area contributed by atoms with Crippen molar-refractivity contribution in [2.24, 2.45) is 34.3 Å². The summed E-state index contributed by atoms with van der Waals surface area (Å²) in [6.45, 7) is 11.9. The Hall–Kier alpha value is -3.59. The number of nitrogens with one attached hydrogen (secondary N) is 3. The molecule has 53 heavy (non-hydrogen) atoms. The molecule has 5 N–H and O–H groups in total. The van der Waals surface area contributed by atoms with Gasteiger partial charge in [-0.3, -0.25) is 19.2 Å². The van der Waals surface area contributed by atoms with Crippen molar-refractivity contribution >= 4 is 39.6 Å². The van der Waals surface area contributed by atoms with E-state index in [0.717, 1.165) is 42.8 Å². The lowest BCUT2D eigenvalue weighted by Gasteiger charge is -2.43. The highest BCUT2D eigenvalue weighted by Crippen LogP contribution is 2.41. The largest absolute Gasteiger partial charge is 0.363 e. The van der Waals surface area contributed by atoms with Gasteiger partial charge >= 0.3 is 6.03 Å². The zero-order valence-corrected chi connectivity index (χ0v) is 33.3. The Morgan fingerprint density at radius 1 is 1.00 bits per heavy atom. The summed E-state index contributed by atoms with van der Waals surface area (Å²) in [5.41, 5.74) is 4.19. The highest BCUT2D eigenvalue weighted by atomic mass is 32.2. The van der Waals surface area contributed by atoms with Gasteiger partial charge in [-0.05, 0) is 66.4 Å². The van der Waals surface area contributed by atoms with Gasteiger partial charge < -0.3 is 26.6 Å². The first-order valence-electron chi connectivity index (χ1n) is 19.1. The average Bonchev–Trinajstić information content (AvgIpc) is 3.53. The Labute approximate surface area is 315 Å². The summed E-state index contributed by atoms with van der Waals surface area (Å²) >= 11 is 0. The lowest BCUT2D eigenvalue weighted by molar-refractivity contribution is -0.145. The van der Waals surface area contributed by atoms with Gasteiger partial charge in [0.25, 0.3) is 15.9 Å². The fourth-order valence-corrected chi connectivity index (χ4v) is 9.16. The molecule has 1 aromatic heterocycles. The Balaban J connectivity index is 1.59. The van der Waals surface area contributed by atoms with Crippen molar-refractivity contribution < 1.29 is 32.4 Å². The van der Waals surface area contributed by atoms with Crippen molar-refractivity contribution in [1.29, 1.82) is 0 Å². The molecule has 2 aliphatic carbocycles. The van der Waals surface area contributed by atoms with Crippen molar-refractivity contribution in [2.45, 2.75) is 135 Å². The fourth-order valence-electron chi connectivity index (χ4n) is 8.05. The van der Waals surface area contributed by atoms with Crippen LogP contribution in [0.25, 0.3) is 0 Å². The number of carbonyl (C=O) groups is 5. The molecule has 3 aliphatic rings. The highest BCUT2D eigenvalue weighted by molar-refractivity contribution is 7.89. The Kier molecular flexibility index (Phi) is 13.7. The fraction of sp³-hybridized carbons (Fsp3) is 0.737. The van der Waals surface area contributed by atoms with Crippen molar-refractivity contribution in [3.63, 3.8) is 0 Å². The summed E-state index contributed by atoms with van der Waals surface area (Å²) in [5.74, 6) is -2.84. The molecule has 1 aromatic rings. The van der Waals surface area contributed by atoms with E-state index in [9.17, 15) is 32.4 Å². The number of pyridine rings is 1. The van der Waals surface area contributed by atoms with Crippen molar-refractivity contribution in [1.82, 2.24) is 30.1 Å². The minimum atomic E-state index is -3.95. The van der Waals surface area contributed by atoms with E-state index in [4.69, 9.17) is 5.73 Å². The van der Waals surface area contributed by atoms with Crippen LogP contribution in [0.4, 0.5) is 4.79 Å². The van der Waals surface area contributed by atoms with Crippen LogP contribution in [-0.2, 0) is 29.2 Å². The van der Waals surface area contributed by atoms with Gasteiger partial charge in [0.2, 0.25) is 17.6 Å². The summed E-state index contributed by atoms with van der Waals surface area (Å²) in [7, 11) is -2.51. The molecule has 2 heterocycles. The molecule has 1 unspecified atom stereocenters. The third-order valence-corrected chi connectivity index (χ3v) is 13.6. The van der Waals surface area contributed by atoms with Gasteiger partial charge in [-0.2, -0.15) is 4.31 Å². The summed E-state index contributed by atoms with van der Waals surface area (Å²) in [6, 6.07) is 0.385. The number of carbonyl (C=O) groups excluding carboxylic acids is 5. The predicted molar refractivity (Wildman–Crippen MR) is 200 cm³/mol. The molecule has 0 radical (unpaired) electrons. The Morgan fingerprint density at radius 3 is 2.19 bits per heavy atom. The van der Waals surface area contributed by atoms with Gasteiger partial charge in [-0.15, -0.1) is 0 Å². The third kappa shape index (κ3) is 10.1. The molecule has 2 saturated carbocycles. The van der Waals surface area contributed by atoms with E-state index < -0.39 is 68.6 Å². The van der Waals surface area contributed by atoms with E-state index in [-0.39, 0.29) is 41.8 Å². The first-order valence-corrected chi connectivity index (χ1v) is 20.6. The van der Waals surface area contributed by atoms with Crippen LogP contribution in [0.5, 0.6) is 0 Å². The number of nitrogens with two attached hydrogens (primary N) is 1. The number of amides is 5. The van der Waals surface area contributed by atoms with Crippen LogP contribution in [0.15, 0.2) is 29.4 Å². The van der Waals surface area contributed by atoms with Gasteiger partial charge in [0.1, 0.15) is 12.1 Å². The van der Waals surface area contributed by atoms with E-state index in [1.807, 2.05) is 41.5 Å². The summed E-state index contributed by atoms with van der Waals surface area (Å²) < 4.78 is 27.8. The molecule has 1 saturated heterocycles. The summed E-state index contributed by atoms with van der Waals surface area (Å²) in [4.78, 5) is 73.4.